The van der Waals surface area contributed by atoms with Crippen LogP contribution in [0.25, 0.3) is 11.1 Å². The molecular formula is C15H13N3O2. The van der Waals surface area contributed by atoms with Crippen molar-refractivity contribution < 1.29 is 9.21 Å². The molecular weight excluding hydrogens is 254 g/mol. The van der Waals surface area contributed by atoms with Gasteiger partial charge in [-0.25, -0.2) is 0 Å². The number of nitrogen functional groups attached to an aromatic ring is 1. The molecule has 1 aromatic carbocycles. The number of furan rings is 1. The van der Waals surface area contributed by atoms with E-state index in [1.165, 1.54) is 0 Å². The third-order valence-corrected chi connectivity index (χ3v) is 2.96. The van der Waals surface area contributed by atoms with Crippen LogP contribution in [-0.4, -0.2) is 10.9 Å². The number of carbonyl (C=O) groups is 1. The first kappa shape index (κ1) is 12.2. The molecule has 0 atom stereocenters. The summed E-state index contributed by atoms with van der Waals surface area (Å²) in [6, 6.07) is 11.0. The minimum absolute atomic E-state index is 0.0835. The van der Waals surface area contributed by atoms with Crippen molar-refractivity contribution in [1.29, 1.82) is 0 Å². The molecule has 0 fully saturated rings. The summed E-state index contributed by atoms with van der Waals surface area (Å²) < 4.78 is 5.46. The number of nitrogens with zero attached hydrogens (tertiary/aromatic N) is 1. The summed E-state index contributed by atoms with van der Waals surface area (Å²) in [7, 11) is 0. The van der Waals surface area contributed by atoms with E-state index in [1.807, 2.05) is 31.2 Å². The van der Waals surface area contributed by atoms with Crippen molar-refractivity contribution in [2.75, 3.05) is 11.1 Å². The van der Waals surface area contributed by atoms with Crippen molar-refractivity contribution >= 4 is 28.4 Å². The van der Waals surface area contributed by atoms with Gasteiger partial charge in [-0.3, -0.25) is 9.78 Å². The zero-order valence-electron chi connectivity index (χ0n) is 10.9. The standard InChI is InChI=1S/C15H13N3O2/c1-9-4-2-5-10(8-9)18-15(19)14-12(16)13-11(20-14)6-3-7-17-13/h2-8H,16H2,1H3,(H,18,19). The van der Waals surface area contributed by atoms with E-state index in [0.717, 1.165) is 5.56 Å². The Morgan fingerprint density at radius 2 is 2.15 bits per heavy atom. The number of aryl methyl sites for hydroxylation is 1. The van der Waals surface area contributed by atoms with Crippen molar-refractivity contribution in [2.45, 2.75) is 6.92 Å². The van der Waals surface area contributed by atoms with E-state index in [4.69, 9.17) is 10.2 Å². The Morgan fingerprint density at radius 3 is 2.90 bits per heavy atom. The number of rotatable bonds is 2. The van der Waals surface area contributed by atoms with Crippen LogP contribution in [0, 0.1) is 6.92 Å². The van der Waals surface area contributed by atoms with Gasteiger partial charge in [0.1, 0.15) is 11.2 Å². The first-order valence-corrected chi connectivity index (χ1v) is 6.16. The van der Waals surface area contributed by atoms with Crippen LogP contribution in [0.3, 0.4) is 0 Å². The summed E-state index contributed by atoms with van der Waals surface area (Å²) in [6.45, 7) is 1.95. The third-order valence-electron chi connectivity index (χ3n) is 2.96. The molecule has 3 N–H and O–H groups in total. The normalized spacial score (nSPS) is 10.7. The van der Waals surface area contributed by atoms with Crippen molar-refractivity contribution in [3.8, 4) is 0 Å². The van der Waals surface area contributed by atoms with Crippen molar-refractivity contribution in [1.82, 2.24) is 4.98 Å². The average molecular weight is 267 g/mol. The van der Waals surface area contributed by atoms with Crippen LogP contribution in [-0.2, 0) is 0 Å². The first-order chi connectivity index (χ1) is 9.65. The minimum atomic E-state index is -0.383. The molecule has 2 heterocycles. The molecule has 100 valence electrons. The maximum absolute atomic E-state index is 12.2. The van der Waals surface area contributed by atoms with Crippen LogP contribution in [0.1, 0.15) is 16.1 Å². The monoisotopic (exact) mass is 267 g/mol. The molecule has 2 aromatic heterocycles. The highest BCUT2D eigenvalue weighted by Crippen LogP contribution is 2.26. The molecule has 1 amide bonds. The number of anilines is 2. The van der Waals surface area contributed by atoms with Crippen LogP contribution >= 0.6 is 0 Å². The van der Waals surface area contributed by atoms with Gasteiger partial charge in [-0.05, 0) is 36.8 Å². The smallest absolute Gasteiger partial charge is 0.293 e. The van der Waals surface area contributed by atoms with Gasteiger partial charge >= 0.3 is 0 Å². The second kappa shape index (κ2) is 4.70. The van der Waals surface area contributed by atoms with E-state index >= 15 is 0 Å². The fourth-order valence-electron chi connectivity index (χ4n) is 2.03. The SMILES string of the molecule is Cc1cccc(NC(=O)c2oc3cccnc3c2N)c1. The van der Waals surface area contributed by atoms with Gasteiger partial charge in [0.25, 0.3) is 5.91 Å². The van der Waals surface area contributed by atoms with Gasteiger partial charge in [-0.1, -0.05) is 12.1 Å². The quantitative estimate of drug-likeness (QED) is 0.748. The topological polar surface area (TPSA) is 81.2 Å². The Labute approximate surface area is 115 Å². The summed E-state index contributed by atoms with van der Waals surface area (Å²) in [5, 5.41) is 2.76. The Hall–Kier alpha value is -2.82. The van der Waals surface area contributed by atoms with Gasteiger partial charge in [0.15, 0.2) is 5.58 Å². The molecule has 0 spiro atoms. The Morgan fingerprint density at radius 1 is 1.30 bits per heavy atom. The van der Waals surface area contributed by atoms with Gasteiger partial charge < -0.3 is 15.5 Å². The molecule has 3 rings (SSSR count). The Kier molecular flexibility index (Phi) is 2.87. The highest BCUT2D eigenvalue weighted by molar-refractivity contribution is 6.10. The number of nitrogens with two attached hydrogens (primary N) is 1. The zero-order chi connectivity index (χ0) is 14.1. The Bertz CT molecular complexity index is 793. The number of benzene rings is 1. The number of hydrogen-bond acceptors (Lipinski definition) is 4. The van der Waals surface area contributed by atoms with Crippen molar-refractivity contribution in [3.05, 3.63) is 53.9 Å². The predicted molar refractivity (Wildman–Crippen MR) is 77.6 cm³/mol. The summed E-state index contributed by atoms with van der Waals surface area (Å²) in [6.07, 6.45) is 1.61. The van der Waals surface area contributed by atoms with Crippen LogP contribution in [0.5, 0.6) is 0 Å². The fraction of sp³-hybridized carbons (Fsp3) is 0.0667. The number of hydrogen-bond donors (Lipinski definition) is 2. The molecule has 5 nitrogen and oxygen atoms in total. The number of fused-ring (bicyclic) bond motifs is 1. The van der Waals surface area contributed by atoms with Gasteiger partial charge in [0, 0.05) is 11.9 Å². The fourth-order valence-corrected chi connectivity index (χ4v) is 2.03. The molecule has 0 bridgehead atoms. The van der Waals surface area contributed by atoms with Crippen LogP contribution in [0.4, 0.5) is 11.4 Å². The van der Waals surface area contributed by atoms with Crippen molar-refractivity contribution in [3.63, 3.8) is 0 Å². The average Bonchev–Trinajstić information content (AvgIpc) is 2.77. The number of carbonyl (C=O) groups excluding carboxylic acids is 1. The molecule has 0 radical (unpaired) electrons. The van der Waals surface area contributed by atoms with E-state index in [0.29, 0.717) is 16.8 Å². The summed E-state index contributed by atoms with van der Waals surface area (Å²) in [5.41, 5.74) is 8.92. The number of pyridine rings is 1. The van der Waals surface area contributed by atoms with Gasteiger partial charge in [0.05, 0.1) is 0 Å². The van der Waals surface area contributed by atoms with E-state index in [2.05, 4.69) is 10.3 Å². The molecule has 0 aliphatic heterocycles. The van der Waals surface area contributed by atoms with Crippen LogP contribution in [0.2, 0.25) is 0 Å². The number of nitrogens with one attached hydrogen (secondary N) is 1. The minimum Gasteiger partial charge on any atom is -0.447 e. The molecule has 5 heteroatoms. The van der Waals surface area contributed by atoms with E-state index in [1.54, 1.807) is 18.3 Å². The summed E-state index contributed by atoms with van der Waals surface area (Å²) in [5.74, 6) is -0.300. The molecule has 0 unspecified atom stereocenters. The third kappa shape index (κ3) is 2.09. The second-order valence-electron chi connectivity index (χ2n) is 4.52. The lowest BCUT2D eigenvalue weighted by molar-refractivity contribution is 0.1000. The lowest BCUT2D eigenvalue weighted by atomic mass is 10.2. The molecule has 20 heavy (non-hydrogen) atoms. The first-order valence-electron chi connectivity index (χ1n) is 6.16. The molecule has 3 aromatic rings. The maximum Gasteiger partial charge on any atom is 0.293 e. The highest BCUT2D eigenvalue weighted by Gasteiger charge is 2.19. The maximum atomic E-state index is 12.2. The van der Waals surface area contributed by atoms with E-state index < -0.39 is 0 Å². The second-order valence-corrected chi connectivity index (χ2v) is 4.52. The number of amides is 1. The highest BCUT2D eigenvalue weighted by atomic mass is 16.3. The molecule has 0 saturated heterocycles. The van der Waals surface area contributed by atoms with Gasteiger partial charge in [-0.2, -0.15) is 0 Å². The Balaban J connectivity index is 1.95. The van der Waals surface area contributed by atoms with Crippen LogP contribution in [0.15, 0.2) is 47.0 Å². The van der Waals surface area contributed by atoms with Gasteiger partial charge in [-0.15, -0.1) is 0 Å². The van der Waals surface area contributed by atoms with Gasteiger partial charge in [0.2, 0.25) is 5.76 Å². The summed E-state index contributed by atoms with van der Waals surface area (Å²) >= 11 is 0. The molecule has 0 saturated carbocycles. The largest absolute Gasteiger partial charge is 0.447 e. The molecule has 0 aliphatic carbocycles. The number of aromatic nitrogens is 1. The zero-order valence-corrected chi connectivity index (χ0v) is 10.9. The van der Waals surface area contributed by atoms with E-state index in [9.17, 15) is 4.79 Å². The lowest BCUT2D eigenvalue weighted by Crippen LogP contribution is -2.12. The van der Waals surface area contributed by atoms with Crippen molar-refractivity contribution in [2.24, 2.45) is 0 Å². The van der Waals surface area contributed by atoms with E-state index in [-0.39, 0.29) is 17.4 Å². The predicted octanol–water partition coefficient (Wildman–Crippen LogP) is 2.97. The van der Waals surface area contributed by atoms with Crippen LogP contribution < -0.4 is 11.1 Å². The summed E-state index contributed by atoms with van der Waals surface area (Å²) in [4.78, 5) is 16.3. The lowest BCUT2D eigenvalue weighted by Gasteiger charge is -2.04. The molecule has 0 aliphatic rings.